The number of carbonyl (C=O) groups excluding carboxylic acids is 1. The third-order valence-corrected chi connectivity index (χ3v) is 4.35. The van der Waals surface area contributed by atoms with Crippen LogP contribution >= 0.6 is 0 Å². The van der Waals surface area contributed by atoms with Crippen LogP contribution in [0.4, 0.5) is 24.5 Å². The molecular weight excluding hydrogens is 431 g/mol. The van der Waals surface area contributed by atoms with Crippen molar-refractivity contribution in [1.29, 1.82) is 0 Å². The standard InChI is InChI=1S/C20H18F3N5O4/c21-20(22,23)14-6-7-15(16(12-14)28(30)31)24-10-11-25-17(29)8-9-18-26-19(27-32-18)13-4-2-1-3-5-13/h1-7,12,24H,8-11H2,(H,25,29). The first kappa shape index (κ1) is 22.7. The Kier molecular flexibility index (Phi) is 7.03. The Bertz CT molecular complexity index is 1090. The number of nitro groups is 1. The van der Waals surface area contributed by atoms with Crippen LogP contribution in [0.2, 0.25) is 0 Å². The number of anilines is 1. The van der Waals surface area contributed by atoms with Crippen LogP contribution in [0.1, 0.15) is 17.9 Å². The van der Waals surface area contributed by atoms with Gasteiger partial charge in [0.2, 0.25) is 17.6 Å². The van der Waals surface area contributed by atoms with Gasteiger partial charge in [-0.25, -0.2) is 0 Å². The zero-order chi connectivity index (χ0) is 23.1. The molecule has 0 aliphatic carbocycles. The topological polar surface area (TPSA) is 123 Å². The molecule has 9 nitrogen and oxygen atoms in total. The molecular formula is C20H18F3N5O4. The average molecular weight is 449 g/mol. The van der Waals surface area contributed by atoms with Gasteiger partial charge >= 0.3 is 6.18 Å². The fraction of sp³-hybridized carbons (Fsp3) is 0.250. The number of alkyl halides is 3. The Morgan fingerprint density at radius 3 is 2.56 bits per heavy atom. The highest BCUT2D eigenvalue weighted by Gasteiger charge is 2.33. The number of carbonyl (C=O) groups is 1. The van der Waals surface area contributed by atoms with E-state index in [2.05, 4.69) is 20.8 Å². The summed E-state index contributed by atoms with van der Waals surface area (Å²) in [7, 11) is 0. The summed E-state index contributed by atoms with van der Waals surface area (Å²) in [5.41, 5.74) is -1.09. The van der Waals surface area contributed by atoms with Gasteiger partial charge in [-0.1, -0.05) is 35.5 Å². The van der Waals surface area contributed by atoms with E-state index in [0.29, 0.717) is 17.8 Å². The van der Waals surface area contributed by atoms with Gasteiger partial charge in [-0.05, 0) is 12.1 Å². The Morgan fingerprint density at radius 1 is 1.12 bits per heavy atom. The number of hydrogen-bond donors (Lipinski definition) is 2. The summed E-state index contributed by atoms with van der Waals surface area (Å²) in [6.07, 6.45) is -4.38. The SMILES string of the molecule is O=C(CCc1nc(-c2ccccc2)no1)NCCNc1ccc(C(F)(F)F)cc1[N+](=O)[O-]. The van der Waals surface area contributed by atoms with Crippen molar-refractivity contribution < 1.29 is 27.4 Å². The average Bonchev–Trinajstić information content (AvgIpc) is 3.24. The number of benzene rings is 2. The highest BCUT2D eigenvalue weighted by Crippen LogP contribution is 2.34. The van der Waals surface area contributed by atoms with Gasteiger partial charge in [0.15, 0.2) is 0 Å². The molecule has 0 unspecified atom stereocenters. The van der Waals surface area contributed by atoms with Gasteiger partial charge in [0, 0.05) is 37.6 Å². The van der Waals surface area contributed by atoms with E-state index in [1.807, 2.05) is 30.3 Å². The predicted octanol–water partition coefficient (Wildman–Crippen LogP) is 3.82. The maximum absolute atomic E-state index is 12.7. The molecule has 1 aromatic heterocycles. The monoisotopic (exact) mass is 449 g/mol. The molecule has 2 N–H and O–H groups in total. The summed E-state index contributed by atoms with van der Waals surface area (Å²) in [6, 6.07) is 11.4. The molecule has 12 heteroatoms. The maximum Gasteiger partial charge on any atom is 0.416 e. The van der Waals surface area contributed by atoms with E-state index >= 15 is 0 Å². The van der Waals surface area contributed by atoms with Crippen molar-refractivity contribution in [3.63, 3.8) is 0 Å². The number of hydrogen-bond acceptors (Lipinski definition) is 7. The minimum Gasteiger partial charge on any atom is -0.378 e. The third-order valence-electron chi connectivity index (χ3n) is 4.35. The molecule has 0 radical (unpaired) electrons. The lowest BCUT2D eigenvalue weighted by Gasteiger charge is -2.11. The number of nitrogens with one attached hydrogen (secondary N) is 2. The molecule has 1 heterocycles. The first-order chi connectivity index (χ1) is 15.2. The lowest BCUT2D eigenvalue weighted by Crippen LogP contribution is -2.29. The summed E-state index contributed by atoms with van der Waals surface area (Å²) in [4.78, 5) is 26.4. The van der Waals surface area contributed by atoms with Crippen molar-refractivity contribution >= 4 is 17.3 Å². The molecule has 0 saturated heterocycles. The minimum atomic E-state index is -4.68. The summed E-state index contributed by atoms with van der Waals surface area (Å²) in [5, 5.41) is 20.2. The van der Waals surface area contributed by atoms with Gasteiger partial charge in [0.25, 0.3) is 5.69 Å². The number of halogens is 3. The molecule has 0 aliphatic rings. The van der Waals surface area contributed by atoms with Gasteiger partial charge in [-0.2, -0.15) is 18.2 Å². The normalized spacial score (nSPS) is 11.2. The number of rotatable bonds is 9. The van der Waals surface area contributed by atoms with Crippen LogP contribution < -0.4 is 10.6 Å². The molecule has 0 atom stereocenters. The highest BCUT2D eigenvalue weighted by atomic mass is 19.4. The molecule has 0 spiro atoms. The maximum atomic E-state index is 12.7. The number of nitro benzene ring substituents is 1. The minimum absolute atomic E-state index is 0.0726. The largest absolute Gasteiger partial charge is 0.416 e. The van der Waals surface area contributed by atoms with E-state index in [1.165, 1.54) is 0 Å². The van der Waals surface area contributed by atoms with Crippen LogP contribution in [0.3, 0.4) is 0 Å². The van der Waals surface area contributed by atoms with Crippen LogP contribution in [-0.4, -0.2) is 34.1 Å². The first-order valence-electron chi connectivity index (χ1n) is 9.48. The van der Waals surface area contributed by atoms with Crippen molar-refractivity contribution in [2.45, 2.75) is 19.0 Å². The smallest absolute Gasteiger partial charge is 0.378 e. The van der Waals surface area contributed by atoms with E-state index in [-0.39, 0.29) is 37.5 Å². The van der Waals surface area contributed by atoms with Crippen molar-refractivity contribution in [3.8, 4) is 11.4 Å². The van der Waals surface area contributed by atoms with Crippen LogP contribution in [-0.2, 0) is 17.4 Å². The van der Waals surface area contributed by atoms with Crippen LogP contribution in [0.5, 0.6) is 0 Å². The van der Waals surface area contributed by atoms with Gasteiger partial charge in [-0.15, -0.1) is 0 Å². The molecule has 1 amide bonds. The Labute approximate surface area is 179 Å². The van der Waals surface area contributed by atoms with Crippen molar-refractivity contribution in [2.24, 2.45) is 0 Å². The summed E-state index contributed by atoms with van der Waals surface area (Å²) >= 11 is 0. The van der Waals surface area contributed by atoms with E-state index in [9.17, 15) is 28.1 Å². The third kappa shape index (κ3) is 6.03. The van der Waals surface area contributed by atoms with Gasteiger partial charge in [0.1, 0.15) is 5.69 Å². The second kappa shape index (κ2) is 9.90. The van der Waals surface area contributed by atoms with E-state index in [1.54, 1.807) is 0 Å². The zero-order valence-electron chi connectivity index (χ0n) is 16.6. The van der Waals surface area contributed by atoms with Gasteiger partial charge < -0.3 is 15.2 Å². The molecule has 3 rings (SSSR count). The molecule has 0 saturated carbocycles. The Hall–Kier alpha value is -3.96. The summed E-state index contributed by atoms with van der Waals surface area (Å²) in [5.74, 6) is 0.411. The lowest BCUT2D eigenvalue weighted by molar-refractivity contribution is -0.384. The van der Waals surface area contributed by atoms with Crippen molar-refractivity contribution in [3.05, 3.63) is 70.1 Å². The second-order valence-corrected chi connectivity index (χ2v) is 6.64. The van der Waals surface area contributed by atoms with Crippen molar-refractivity contribution in [1.82, 2.24) is 15.5 Å². The van der Waals surface area contributed by atoms with E-state index in [4.69, 9.17) is 4.52 Å². The summed E-state index contributed by atoms with van der Waals surface area (Å²) in [6.45, 7) is 0.187. The van der Waals surface area contributed by atoms with Crippen LogP contribution in [0, 0.1) is 10.1 Å². The molecule has 168 valence electrons. The van der Waals surface area contributed by atoms with Gasteiger partial charge in [-0.3, -0.25) is 14.9 Å². The predicted molar refractivity (Wildman–Crippen MR) is 108 cm³/mol. The molecule has 32 heavy (non-hydrogen) atoms. The van der Waals surface area contributed by atoms with E-state index in [0.717, 1.165) is 17.7 Å². The van der Waals surface area contributed by atoms with Crippen molar-refractivity contribution in [2.75, 3.05) is 18.4 Å². The zero-order valence-corrected chi connectivity index (χ0v) is 16.6. The Balaban J connectivity index is 1.45. The van der Waals surface area contributed by atoms with Crippen LogP contribution in [0.15, 0.2) is 53.1 Å². The molecule has 2 aromatic carbocycles. The lowest BCUT2D eigenvalue weighted by atomic mass is 10.1. The fourth-order valence-corrected chi connectivity index (χ4v) is 2.78. The fourth-order valence-electron chi connectivity index (χ4n) is 2.78. The van der Waals surface area contributed by atoms with Crippen LogP contribution in [0.25, 0.3) is 11.4 Å². The number of amides is 1. The highest BCUT2D eigenvalue weighted by molar-refractivity contribution is 5.76. The first-order valence-corrected chi connectivity index (χ1v) is 9.48. The summed E-state index contributed by atoms with van der Waals surface area (Å²) < 4.78 is 43.3. The molecule has 0 fully saturated rings. The number of aromatic nitrogens is 2. The molecule has 0 bridgehead atoms. The second-order valence-electron chi connectivity index (χ2n) is 6.64. The Morgan fingerprint density at radius 2 is 1.88 bits per heavy atom. The number of aryl methyl sites for hydroxylation is 1. The quantitative estimate of drug-likeness (QED) is 0.289. The van der Waals surface area contributed by atoms with Gasteiger partial charge in [0.05, 0.1) is 10.5 Å². The molecule has 3 aromatic rings. The van der Waals surface area contributed by atoms with E-state index < -0.39 is 22.4 Å². The number of nitrogens with zero attached hydrogens (tertiary/aromatic N) is 3. The molecule has 0 aliphatic heterocycles.